The standard InChI is InChI=1S/C25H28NO3P/c1-17(2)19-16-29-25(26-19)18-10-9-15-22(18)30(23-13-7-5-11-20(23)27-3)24-14-8-6-12-21(24)28-4/h5-9,11-15,17,19H,10,16H2,1-4H3/t19-/m1/s1. The fourth-order valence-electron chi connectivity index (χ4n) is 3.81. The number of hydrogen-bond donors (Lipinski definition) is 0. The minimum absolute atomic E-state index is 0.220. The number of ether oxygens (including phenoxy) is 3. The van der Waals surface area contributed by atoms with Crippen LogP contribution < -0.4 is 20.1 Å². The van der Waals surface area contributed by atoms with Crippen molar-refractivity contribution in [1.82, 2.24) is 0 Å². The molecule has 0 radical (unpaired) electrons. The Morgan fingerprint density at radius 2 is 1.57 bits per heavy atom. The zero-order chi connectivity index (χ0) is 21.1. The number of benzene rings is 2. The minimum atomic E-state index is -0.908. The quantitative estimate of drug-likeness (QED) is 0.603. The lowest BCUT2D eigenvalue weighted by Gasteiger charge is -2.24. The van der Waals surface area contributed by atoms with Crippen molar-refractivity contribution in [3.05, 3.63) is 71.6 Å². The van der Waals surface area contributed by atoms with Crippen molar-refractivity contribution in [1.29, 1.82) is 0 Å². The molecule has 1 aliphatic heterocycles. The van der Waals surface area contributed by atoms with Gasteiger partial charge in [-0.05, 0) is 37.7 Å². The molecule has 2 aromatic carbocycles. The van der Waals surface area contributed by atoms with Crippen LogP contribution in [-0.2, 0) is 4.74 Å². The third kappa shape index (κ3) is 3.89. The van der Waals surface area contributed by atoms with Gasteiger partial charge in [0.2, 0.25) is 5.90 Å². The fraction of sp³-hybridized carbons (Fsp3) is 0.320. The molecule has 0 fully saturated rings. The summed E-state index contributed by atoms with van der Waals surface area (Å²) in [6.45, 7) is 5.05. The fourth-order valence-corrected chi connectivity index (χ4v) is 6.55. The van der Waals surface area contributed by atoms with Crippen LogP contribution in [0.5, 0.6) is 11.5 Å². The topological polar surface area (TPSA) is 40.0 Å². The Bertz CT molecular complexity index is 961. The van der Waals surface area contributed by atoms with Crippen molar-refractivity contribution < 1.29 is 14.2 Å². The second-order valence-corrected chi connectivity index (χ2v) is 9.82. The smallest absolute Gasteiger partial charge is 0.213 e. The molecule has 0 bridgehead atoms. The highest BCUT2D eigenvalue weighted by Gasteiger charge is 2.32. The van der Waals surface area contributed by atoms with Crippen LogP contribution in [0.25, 0.3) is 0 Å². The second-order valence-electron chi connectivity index (χ2n) is 7.71. The molecular formula is C25H28NO3P. The first-order valence-electron chi connectivity index (χ1n) is 10.3. The van der Waals surface area contributed by atoms with Gasteiger partial charge in [-0.2, -0.15) is 0 Å². The average molecular weight is 421 g/mol. The third-order valence-corrected chi connectivity index (χ3v) is 8.10. The monoisotopic (exact) mass is 421 g/mol. The first-order valence-corrected chi connectivity index (χ1v) is 11.6. The predicted molar refractivity (Wildman–Crippen MR) is 125 cm³/mol. The van der Waals surface area contributed by atoms with Crippen molar-refractivity contribution in [2.24, 2.45) is 10.9 Å². The summed E-state index contributed by atoms with van der Waals surface area (Å²) in [5, 5.41) is 3.58. The molecule has 0 amide bonds. The summed E-state index contributed by atoms with van der Waals surface area (Å²) in [7, 11) is 2.55. The maximum atomic E-state index is 6.08. The van der Waals surface area contributed by atoms with E-state index in [1.807, 2.05) is 24.3 Å². The zero-order valence-electron chi connectivity index (χ0n) is 18.0. The largest absolute Gasteiger partial charge is 0.496 e. The molecule has 1 heterocycles. The van der Waals surface area contributed by atoms with Gasteiger partial charge in [-0.1, -0.05) is 62.4 Å². The normalized spacial score (nSPS) is 18.2. The Labute approximate surface area is 180 Å². The lowest BCUT2D eigenvalue weighted by atomic mass is 10.1. The molecule has 5 heteroatoms. The number of hydrogen-bond acceptors (Lipinski definition) is 4. The Balaban J connectivity index is 1.90. The lowest BCUT2D eigenvalue weighted by Crippen LogP contribution is -2.18. The van der Waals surface area contributed by atoms with E-state index in [0.29, 0.717) is 12.5 Å². The molecular weight excluding hydrogens is 393 g/mol. The molecule has 30 heavy (non-hydrogen) atoms. The predicted octanol–water partition coefficient (Wildman–Crippen LogP) is 4.80. The minimum Gasteiger partial charge on any atom is -0.496 e. The Morgan fingerprint density at radius 3 is 2.10 bits per heavy atom. The molecule has 2 aliphatic rings. The molecule has 1 atom stereocenters. The molecule has 0 unspecified atom stereocenters. The Morgan fingerprint density at radius 1 is 0.967 bits per heavy atom. The molecule has 0 saturated heterocycles. The lowest BCUT2D eigenvalue weighted by molar-refractivity contribution is 0.291. The van der Waals surface area contributed by atoms with Gasteiger partial charge in [-0.3, -0.25) is 0 Å². The van der Waals surface area contributed by atoms with Crippen molar-refractivity contribution in [3.8, 4) is 11.5 Å². The first-order chi connectivity index (χ1) is 14.6. The molecule has 1 aliphatic carbocycles. The molecule has 0 saturated carbocycles. The molecule has 4 nitrogen and oxygen atoms in total. The van der Waals surface area contributed by atoms with E-state index in [2.05, 4.69) is 50.3 Å². The molecule has 0 N–H and O–H groups in total. The molecule has 0 aromatic heterocycles. The number of rotatable bonds is 7. The van der Waals surface area contributed by atoms with E-state index in [0.717, 1.165) is 34.4 Å². The van der Waals surface area contributed by atoms with E-state index in [1.165, 1.54) is 10.9 Å². The van der Waals surface area contributed by atoms with E-state index in [-0.39, 0.29) is 6.04 Å². The summed E-state index contributed by atoms with van der Waals surface area (Å²) in [5.41, 5.74) is 1.18. The van der Waals surface area contributed by atoms with Gasteiger partial charge in [0.1, 0.15) is 18.1 Å². The van der Waals surface area contributed by atoms with Gasteiger partial charge in [0.15, 0.2) is 0 Å². The first kappa shape index (κ1) is 20.7. The van der Waals surface area contributed by atoms with E-state index in [4.69, 9.17) is 19.2 Å². The molecule has 4 rings (SSSR count). The van der Waals surface area contributed by atoms with Crippen molar-refractivity contribution >= 4 is 24.4 Å². The van der Waals surface area contributed by atoms with Crippen LogP contribution in [0.4, 0.5) is 0 Å². The SMILES string of the molecule is COc1ccccc1P(C1=C(C2=N[C@@H](C(C)C)CO2)CC=C1)c1ccccc1OC. The summed E-state index contributed by atoms with van der Waals surface area (Å²) in [6, 6.07) is 16.7. The number of allylic oxidation sites excluding steroid dienone is 3. The van der Waals surface area contributed by atoms with Gasteiger partial charge in [-0.25, -0.2) is 4.99 Å². The van der Waals surface area contributed by atoms with Gasteiger partial charge in [0.25, 0.3) is 0 Å². The van der Waals surface area contributed by atoms with Crippen LogP contribution >= 0.6 is 7.92 Å². The summed E-state index contributed by atoms with van der Waals surface area (Å²) in [4.78, 5) is 4.92. The van der Waals surface area contributed by atoms with Crippen molar-refractivity contribution in [2.45, 2.75) is 26.3 Å². The maximum Gasteiger partial charge on any atom is 0.213 e. The van der Waals surface area contributed by atoms with Crippen LogP contribution in [0.1, 0.15) is 20.3 Å². The van der Waals surface area contributed by atoms with Gasteiger partial charge in [0.05, 0.1) is 20.3 Å². The zero-order valence-corrected chi connectivity index (χ0v) is 18.9. The highest BCUT2D eigenvalue weighted by atomic mass is 31.1. The van der Waals surface area contributed by atoms with Gasteiger partial charge < -0.3 is 14.2 Å². The van der Waals surface area contributed by atoms with Crippen LogP contribution in [0.15, 0.2) is 76.6 Å². The van der Waals surface area contributed by atoms with Gasteiger partial charge in [0, 0.05) is 16.2 Å². The summed E-state index contributed by atoms with van der Waals surface area (Å²) >= 11 is 0. The summed E-state index contributed by atoms with van der Waals surface area (Å²) in [5.74, 6) is 3.03. The average Bonchev–Trinajstić information content (AvgIpc) is 3.44. The van der Waals surface area contributed by atoms with E-state index < -0.39 is 7.92 Å². The van der Waals surface area contributed by atoms with Crippen molar-refractivity contribution in [2.75, 3.05) is 20.8 Å². The van der Waals surface area contributed by atoms with Crippen LogP contribution in [0, 0.1) is 5.92 Å². The second kappa shape index (κ2) is 9.06. The Kier molecular flexibility index (Phi) is 6.24. The number of nitrogens with zero attached hydrogens (tertiary/aromatic N) is 1. The van der Waals surface area contributed by atoms with Gasteiger partial charge in [-0.15, -0.1) is 0 Å². The number of methoxy groups -OCH3 is 2. The van der Waals surface area contributed by atoms with Gasteiger partial charge >= 0.3 is 0 Å². The molecule has 2 aromatic rings. The maximum absolute atomic E-state index is 6.08. The van der Waals surface area contributed by atoms with E-state index in [1.54, 1.807) is 14.2 Å². The summed E-state index contributed by atoms with van der Waals surface area (Å²) < 4.78 is 17.6. The van der Waals surface area contributed by atoms with Crippen LogP contribution in [0.3, 0.4) is 0 Å². The Hall–Kier alpha value is -2.58. The van der Waals surface area contributed by atoms with E-state index >= 15 is 0 Å². The number of para-hydroxylation sites is 2. The van der Waals surface area contributed by atoms with Crippen LogP contribution in [-0.4, -0.2) is 32.8 Å². The highest BCUT2D eigenvalue weighted by molar-refractivity contribution is 7.77. The summed E-state index contributed by atoms with van der Waals surface area (Å²) in [6.07, 6.45) is 5.27. The van der Waals surface area contributed by atoms with E-state index in [9.17, 15) is 0 Å². The molecule has 156 valence electrons. The number of aliphatic imine (C=N–C) groups is 1. The molecule has 0 spiro atoms. The van der Waals surface area contributed by atoms with Crippen molar-refractivity contribution in [3.63, 3.8) is 0 Å². The van der Waals surface area contributed by atoms with Crippen LogP contribution in [0.2, 0.25) is 0 Å². The highest BCUT2D eigenvalue weighted by Crippen LogP contribution is 2.52. The third-order valence-electron chi connectivity index (χ3n) is 5.50.